The zero-order valence-corrected chi connectivity index (χ0v) is 10.9. The molecule has 1 aromatic carbocycles. The Morgan fingerprint density at radius 3 is 2.72 bits per heavy atom. The second-order valence-electron chi connectivity index (χ2n) is 3.40. The third-order valence-electron chi connectivity index (χ3n) is 2.06. The molecule has 0 saturated carbocycles. The first-order chi connectivity index (χ1) is 8.56. The minimum Gasteiger partial charge on any atom is -0.258 e. The average molecular weight is 282 g/mol. The van der Waals surface area contributed by atoms with E-state index in [9.17, 15) is 10.1 Å². The van der Waals surface area contributed by atoms with Crippen molar-refractivity contribution in [3.63, 3.8) is 0 Å². The zero-order valence-electron chi connectivity index (χ0n) is 9.33. The molecule has 18 heavy (non-hydrogen) atoms. The van der Waals surface area contributed by atoms with E-state index in [1.54, 1.807) is 31.2 Å². The third kappa shape index (κ3) is 2.96. The lowest BCUT2D eigenvalue weighted by Gasteiger charge is -2.03. The number of hydrogen-bond donors (Lipinski definition) is 0. The van der Waals surface area contributed by atoms with Gasteiger partial charge in [0.2, 0.25) is 0 Å². The lowest BCUT2D eigenvalue weighted by molar-refractivity contribution is -0.387. The van der Waals surface area contributed by atoms with Gasteiger partial charge in [0.1, 0.15) is 16.0 Å². The number of halogens is 1. The Hall–Kier alpha value is -1.66. The molecule has 1 aromatic heterocycles. The molecule has 2 rings (SSSR count). The van der Waals surface area contributed by atoms with Crippen LogP contribution in [0, 0.1) is 17.0 Å². The van der Waals surface area contributed by atoms with Crippen LogP contribution in [0.4, 0.5) is 5.69 Å². The quantitative estimate of drug-likeness (QED) is 0.489. The van der Waals surface area contributed by atoms with Crippen LogP contribution in [0.15, 0.2) is 40.3 Å². The van der Waals surface area contributed by atoms with Crippen molar-refractivity contribution in [1.29, 1.82) is 0 Å². The second kappa shape index (κ2) is 5.32. The largest absolute Gasteiger partial charge is 0.283 e. The SMILES string of the molecule is Cc1nc(Cl)cc(Sc2ccccc2[N+](=O)[O-])n1. The minimum atomic E-state index is -0.419. The number of benzene rings is 1. The minimum absolute atomic E-state index is 0.0508. The number of nitrogens with zero attached hydrogens (tertiary/aromatic N) is 3. The Bertz CT molecular complexity index is 586. The summed E-state index contributed by atoms with van der Waals surface area (Å²) in [6.45, 7) is 1.72. The van der Waals surface area contributed by atoms with Gasteiger partial charge in [-0.3, -0.25) is 10.1 Å². The summed E-state index contributed by atoms with van der Waals surface area (Å²) >= 11 is 7.01. The van der Waals surface area contributed by atoms with Crippen LogP contribution in [-0.2, 0) is 0 Å². The highest BCUT2D eigenvalue weighted by Crippen LogP contribution is 2.33. The summed E-state index contributed by atoms with van der Waals surface area (Å²) in [6, 6.07) is 8.08. The molecule has 0 bridgehead atoms. The number of aryl methyl sites for hydroxylation is 1. The first-order valence-electron chi connectivity index (χ1n) is 4.99. The van der Waals surface area contributed by atoms with Gasteiger partial charge in [-0.2, -0.15) is 0 Å². The van der Waals surface area contributed by atoms with Crippen molar-refractivity contribution in [3.05, 3.63) is 51.4 Å². The molecule has 92 valence electrons. The summed E-state index contributed by atoms with van der Waals surface area (Å²) in [6.07, 6.45) is 0. The maximum Gasteiger partial charge on any atom is 0.283 e. The molecule has 0 fully saturated rings. The summed E-state index contributed by atoms with van der Waals surface area (Å²) in [5.41, 5.74) is 0.0508. The Balaban J connectivity index is 2.37. The fourth-order valence-corrected chi connectivity index (χ4v) is 2.62. The monoisotopic (exact) mass is 281 g/mol. The van der Waals surface area contributed by atoms with Crippen molar-refractivity contribution in [2.24, 2.45) is 0 Å². The Morgan fingerprint density at radius 1 is 1.33 bits per heavy atom. The molecule has 0 unspecified atom stereocenters. The van der Waals surface area contributed by atoms with Crippen molar-refractivity contribution in [2.75, 3.05) is 0 Å². The molecule has 5 nitrogen and oxygen atoms in total. The molecule has 0 aliphatic heterocycles. The molecule has 0 spiro atoms. The normalized spacial score (nSPS) is 10.3. The fourth-order valence-electron chi connectivity index (χ4n) is 1.36. The number of rotatable bonds is 3. The smallest absolute Gasteiger partial charge is 0.258 e. The molecule has 1 heterocycles. The standard InChI is InChI=1S/C11H8ClN3O2S/c1-7-13-10(12)6-11(14-7)18-9-5-3-2-4-8(9)15(16)17/h2-6H,1H3. The third-order valence-corrected chi connectivity index (χ3v) is 3.24. The van der Waals surface area contributed by atoms with Crippen molar-refractivity contribution in [2.45, 2.75) is 16.8 Å². The van der Waals surface area contributed by atoms with Crippen LogP contribution in [0.2, 0.25) is 5.15 Å². The van der Waals surface area contributed by atoms with Crippen LogP contribution >= 0.6 is 23.4 Å². The van der Waals surface area contributed by atoms with E-state index in [1.807, 2.05) is 0 Å². The van der Waals surface area contributed by atoms with Crippen LogP contribution < -0.4 is 0 Å². The topological polar surface area (TPSA) is 68.9 Å². The van der Waals surface area contributed by atoms with Gasteiger partial charge in [-0.05, 0) is 13.0 Å². The summed E-state index contributed by atoms with van der Waals surface area (Å²) in [7, 11) is 0. The summed E-state index contributed by atoms with van der Waals surface area (Å²) < 4.78 is 0. The zero-order chi connectivity index (χ0) is 13.1. The maximum absolute atomic E-state index is 10.9. The summed E-state index contributed by atoms with van der Waals surface area (Å²) in [4.78, 5) is 19.1. The highest BCUT2D eigenvalue weighted by Gasteiger charge is 2.14. The fraction of sp³-hybridized carbons (Fsp3) is 0.0909. The molecular formula is C11H8ClN3O2S. The van der Waals surface area contributed by atoms with E-state index in [0.29, 0.717) is 20.9 Å². The van der Waals surface area contributed by atoms with Crippen molar-refractivity contribution >= 4 is 29.1 Å². The summed E-state index contributed by atoms with van der Waals surface area (Å²) in [5, 5.41) is 11.8. The van der Waals surface area contributed by atoms with Gasteiger partial charge >= 0.3 is 0 Å². The molecule has 0 N–H and O–H groups in total. The van der Waals surface area contributed by atoms with Gasteiger partial charge < -0.3 is 0 Å². The highest BCUT2D eigenvalue weighted by atomic mass is 35.5. The predicted molar refractivity (Wildman–Crippen MR) is 69.0 cm³/mol. The van der Waals surface area contributed by atoms with Gasteiger partial charge in [0.05, 0.1) is 9.82 Å². The molecule has 0 aliphatic rings. The van der Waals surface area contributed by atoms with E-state index >= 15 is 0 Å². The maximum atomic E-state index is 10.9. The van der Waals surface area contributed by atoms with E-state index in [0.717, 1.165) is 0 Å². The Morgan fingerprint density at radius 2 is 2.06 bits per heavy atom. The van der Waals surface area contributed by atoms with E-state index in [-0.39, 0.29) is 5.69 Å². The van der Waals surface area contributed by atoms with E-state index in [4.69, 9.17) is 11.6 Å². The molecule has 0 saturated heterocycles. The number of nitro groups is 1. The molecule has 0 aliphatic carbocycles. The van der Waals surface area contributed by atoms with E-state index < -0.39 is 4.92 Å². The first-order valence-corrected chi connectivity index (χ1v) is 6.18. The molecule has 7 heteroatoms. The van der Waals surface area contributed by atoms with Gasteiger partial charge in [-0.15, -0.1) is 0 Å². The van der Waals surface area contributed by atoms with Crippen LogP contribution in [0.25, 0.3) is 0 Å². The molecule has 2 aromatic rings. The van der Waals surface area contributed by atoms with Gasteiger partial charge in [-0.25, -0.2) is 9.97 Å². The lowest BCUT2D eigenvalue weighted by Crippen LogP contribution is -1.92. The summed E-state index contributed by atoms with van der Waals surface area (Å²) in [5.74, 6) is 0.531. The molecule has 0 atom stereocenters. The molecular weight excluding hydrogens is 274 g/mol. The first kappa shape index (κ1) is 12.8. The van der Waals surface area contributed by atoms with Crippen LogP contribution in [0.5, 0.6) is 0 Å². The van der Waals surface area contributed by atoms with Crippen molar-refractivity contribution < 1.29 is 4.92 Å². The Kier molecular flexibility index (Phi) is 3.78. The van der Waals surface area contributed by atoms with Gasteiger partial charge in [0.15, 0.2) is 0 Å². The van der Waals surface area contributed by atoms with E-state index in [2.05, 4.69) is 9.97 Å². The average Bonchev–Trinajstić information content (AvgIpc) is 2.27. The molecule has 0 radical (unpaired) electrons. The van der Waals surface area contributed by atoms with Gasteiger partial charge in [0.25, 0.3) is 5.69 Å². The van der Waals surface area contributed by atoms with Gasteiger partial charge in [0, 0.05) is 12.1 Å². The van der Waals surface area contributed by atoms with Crippen molar-refractivity contribution in [1.82, 2.24) is 9.97 Å². The second-order valence-corrected chi connectivity index (χ2v) is 4.85. The number of nitro benzene ring substituents is 1. The number of aromatic nitrogens is 2. The predicted octanol–water partition coefficient (Wildman–Crippen LogP) is 3.50. The van der Waals surface area contributed by atoms with Crippen molar-refractivity contribution in [3.8, 4) is 0 Å². The van der Waals surface area contributed by atoms with Crippen LogP contribution in [0.1, 0.15) is 5.82 Å². The van der Waals surface area contributed by atoms with Gasteiger partial charge in [-0.1, -0.05) is 35.5 Å². The van der Waals surface area contributed by atoms with Crippen LogP contribution in [-0.4, -0.2) is 14.9 Å². The number of hydrogen-bond acceptors (Lipinski definition) is 5. The highest BCUT2D eigenvalue weighted by molar-refractivity contribution is 7.99. The number of para-hydroxylation sites is 1. The lowest BCUT2D eigenvalue weighted by atomic mass is 10.3. The van der Waals surface area contributed by atoms with E-state index in [1.165, 1.54) is 17.8 Å². The molecule has 0 amide bonds. The van der Waals surface area contributed by atoms with Crippen LogP contribution in [0.3, 0.4) is 0 Å². The Labute approximate surface area is 112 Å².